The van der Waals surface area contributed by atoms with Gasteiger partial charge in [-0.3, -0.25) is 4.79 Å². The molecule has 0 aromatic heterocycles. The molecule has 3 nitrogen and oxygen atoms in total. The SMILES string of the molecule is O=C1NC(=S)N(C2CCCCC2)C(c2ccccc2)C1c1ccccc1. The number of benzene rings is 2. The molecule has 2 fully saturated rings. The van der Waals surface area contributed by atoms with Crippen LogP contribution in [-0.2, 0) is 4.79 Å². The van der Waals surface area contributed by atoms with Gasteiger partial charge in [0.25, 0.3) is 0 Å². The zero-order valence-corrected chi connectivity index (χ0v) is 15.6. The molecular weight excluding hydrogens is 340 g/mol. The lowest BCUT2D eigenvalue weighted by Gasteiger charge is -2.47. The van der Waals surface area contributed by atoms with E-state index in [-0.39, 0.29) is 17.9 Å². The number of thiocarbonyl (C=S) groups is 1. The van der Waals surface area contributed by atoms with Gasteiger partial charge in [-0.05, 0) is 36.2 Å². The molecule has 1 aliphatic carbocycles. The third-order valence-electron chi connectivity index (χ3n) is 5.63. The monoisotopic (exact) mass is 364 g/mol. The molecule has 0 spiro atoms. The summed E-state index contributed by atoms with van der Waals surface area (Å²) in [5, 5.41) is 3.58. The van der Waals surface area contributed by atoms with Gasteiger partial charge in [0, 0.05) is 6.04 Å². The summed E-state index contributed by atoms with van der Waals surface area (Å²) in [6, 6.07) is 20.8. The number of nitrogens with zero attached hydrogens (tertiary/aromatic N) is 1. The molecule has 2 atom stereocenters. The van der Waals surface area contributed by atoms with Gasteiger partial charge in [-0.15, -0.1) is 0 Å². The predicted octanol–water partition coefficient (Wildman–Crippen LogP) is 4.56. The number of carbonyl (C=O) groups excluding carboxylic acids is 1. The van der Waals surface area contributed by atoms with Crippen molar-refractivity contribution in [1.82, 2.24) is 10.2 Å². The first-order valence-corrected chi connectivity index (χ1v) is 9.89. The molecule has 1 saturated heterocycles. The van der Waals surface area contributed by atoms with Crippen molar-refractivity contribution in [2.75, 3.05) is 0 Å². The second-order valence-corrected chi connectivity index (χ2v) is 7.62. The first-order chi connectivity index (χ1) is 12.8. The average Bonchev–Trinajstić information content (AvgIpc) is 2.69. The smallest absolute Gasteiger partial charge is 0.236 e. The van der Waals surface area contributed by atoms with Crippen molar-refractivity contribution >= 4 is 23.2 Å². The average molecular weight is 365 g/mol. The van der Waals surface area contributed by atoms with Crippen LogP contribution in [0.2, 0.25) is 0 Å². The van der Waals surface area contributed by atoms with Crippen molar-refractivity contribution < 1.29 is 4.79 Å². The zero-order chi connectivity index (χ0) is 17.9. The van der Waals surface area contributed by atoms with Gasteiger partial charge in [-0.2, -0.15) is 0 Å². The lowest BCUT2D eigenvalue weighted by atomic mass is 9.81. The van der Waals surface area contributed by atoms with E-state index in [0.717, 1.165) is 24.0 Å². The lowest BCUT2D eigenvalue weighted by molar-refractivity contribution is -0.124. The Hall–Kier alpha value is -2.20. The molecular formula is C22H24N2OS. The molecule has 0 bridgehead atoms. The molecule has 1 saturated carbocycles. The minimum atomic E-state index is -0.257. The zero-order valence-electron chi connectivity index (χ0n) is 14.8. The predicted molar refractivity (Wildman–Crippen MR) is 108 cm³/mol. The molecule has 2 unspecified atom stereocenters. The van der Waals surface area contributed by atoms with E-state index < -0.39 is 0 Å². The maximum absolute atomic E-state index is 13.0. The van der Waals surface area contributed by atoms with E-state index in [1.807, 2.05) is 48.5 Å². The van der Waals surface area contributed by atoms with Gasteiger partial charge >= 0.3 is 0 Å². The van der Waals surface area contributed by atoms with E-state index in [9.17, 15) is 4.79 Å². The van der Waals surface area contributed by atoms with Gasteiger partial charge in [0.05, 0.1) is 12.0 Å². The minimum absolute atomic E-state index is 0.00196. The quantitative estimate of drug-likeness (QED) is 0.810. The number of carbonyl (C=O) groups is 1. The third kappa shape index (κ3) is 3.26. The van der Waals surface area contributed by atoms with Gasteiger partial charge in [-0.1, -0.05) is 79.9 Å². The second-order valence-electron chi connectivity index (χ2n) is 7.24. The van der Waals surface area contributed by atoms with Crippen LogP contribution in [0.1, 0.15) is 55.2 Å². The van der Waals surface area contributed by atoms with Gasteiger partial charge < -0.3 is 10.2 Å². The van der Waals surface area contributed by atoms with Crippen molar-refractivity contribution in [2.45, 2.75) is 50.1 Å². The lowest BCUT2D eigenvalue weighted by Crippen LogP contribution is -2.58. The summed E-state index contributed by atoms with van der Waals surface area (Å²) < 4.78 is 0. The van der Waals surface area contributed by atoms with Gasteiger partial charge in [0.2, 0.25) is 5.91 Å². The normalized spacial score (nSPS) is 24.4. The highest BCUT2D eigenvalue weighted by atomic mass is 32.1. The van der Waals surface area contributed by atoms with Gasteiger partial charge in [-0.25, -0.2) is 0 Å². The summed E-state index contributed by atoms with van der Waals surface area (Å²) in [5.74, 6) is -0.255. The summed E-state index contributed by atoms with van der Waals surface area (Å²) in [7, 11) is 0. The topological polar surface area (TPSA) is 32.3 Å². The van der Waals surface area contributed by atoms with Crippen molar-refractivity contribution in [3.8, 4) is 0 Å². The first kappa shape index (κ1) is 17.2. The minimum Gasteiger partial charge on any atom is -0.338 e. The molecule has 26 heavy (non-hydrogen) atoms. The Morgan fingerprint density at radius 3 is 2.04 bits per heavy atom. The van der Waals surface area contributed by atoms with Crippen molar-refractivity contribution in [3.63, 3.8) is 0 Å². The van der Waals surface area contributed by atoms with Crippen LogP contribution in [0.4, 0.5) is 0 Å². The summed E-state index contributed by atoms with van der Waals surface area (Å²) in [5.41, 5.74) is 2.20. The van der Waals surface area contributed by atoms with Crippen LogP contribution in [0, 0.1) is 0 Å². The molecule has 2 aromatic rings. The Labute approximate surface area is 160 Å². The van der Waals surface area contributed by atoms with Crippen LogP contribution >= 0.6 is 12.2 Å². The fourth-order valence-electron chi connectivity index (χ4n) is 4.43. The Kier molecular flexibility index (Phi) is 5.02. The molecule has 1 amide bonds. The van der Waals surface area contributed by atoms with Gasteiger partial charge in [0.1, 0.15) is 0 Å². The second kappa shape index (κ2) is 7.58. The molecule has 1 heterocycles. The molecule has 4 rings (SSSR count). The summed E-state index contributed by atoms with van der Waals surface area (Å²) in [6.45, 7) is 0. The van der Waals surface area contributed by atoms with E-state index in [1.54, 1.807) is 0 Å². The van der Waals surface area contributed by atoms with Crippen LogP contribution in [0.15, 0.2) is 60.7 Å². The third-order valence-corrected chi connectivity index (χ3v) is 5.94. The summed E-state index contributed by atoms with van der Waals surface area (Å²) in [6.07, 6.45) is 6.04. The van der Waals surface area contributed by atoms with E-state index in [2.05, 4.69) is 22.3 Å². The van der Waals surface area contributed by atoms with Crippen LogP contribution < -0.4 is 5.32 Å². The fraction of sp³-hybridized carbons (Fsp3) is 0.364. The highest BCUT2D eigenvalue weighted by Crippen LogP contribution is 2.42. The van der Waals surface area contributed by atoms with Crippen LogP contribution in [0.3, 0.4) is 0 Å². The van der Waals surface area contributed by atoms with Crippen molar-refractivity contribution in [2.24, 2.45) is 0 Å². The number of hydrogen-bond donors (Lipinski definition) is 1. The molecule has 2 aliphatic rings. The molecule has 1 N–H and O–H groups in total. The fourth-order valence-corrected chi connectivity index (χ4v) is 4.79. The first-order valence-electron chi connectivity index (χ1n) is 9.49. The molecule has 4 heteroatoms. The Balaban J connectivity index is 1.81. The highest BCUT2D eigenvalue weighted by Gasteiger charge is 2.44. The summed E-state index contributed by atoms with van der Waals surface area (Å²) >= 11 is 5.66. The Morgan fingerprint density at radius 2 is 1.42 bits per heavy atom. The van der Waals surface area contributed by atoms with Crippen LogP contribution in [0.5, 0.6) is 0 Å². The maximum atomic E-state index is 13.0. The van der Waals surface area contributed by atoms with Crippen molar-refractivity contribution in [3.05, 3.63) is 71.8 Å². The van der Waals surface area contributed by atoms with E-state index in [0.29, 0.717) is 11.2 Å². The molecule has 0 radical (unpaired) electrons. The Morgan fingerprint density at radius 1 is 0.846 bits per heavy atom. The molecule has 2 aromatic carbocycles. The van der Waals surface area contributed by atoms with Crippen molar-refractivity contribution in [1.29, 1.82) is 0 Å². The summed E-state index contributed by atoms with van der Waals surface area (Å²) in [4.78, 5) is 15.3. The van der Waals surface area contributed by atoms with Crippen LogP contribution in [-0.4, -0.2) is 22.0 Å². The molecule has 134 valence electrons. The van der Waals surface area contributed by atoms with Crippen LogP contribution in [0.25, 0.3) is 0 Å². The van der Waals surface area contributed by atoms with E-state index >= 15 is 0 Å². The Bertz CT molecular complexity index is 771. The number of rotatable bonds is 3. The number of hydrogen-bond acceptors (Lipinski definition) is 2. The maximum Gasteiger partial charge on any atom is 0.236 e. The number of amides is 1. The highest BCUT2D eigenvalue weighted by molar-refractivity contribution is 7.80. The molecule has 1 aliphatic heterocycles. The number of nitrogens with one attached hydrogen (secondary N) is 1. The van der Waals surface area contributed by atoms with E-state index in [1.165, 1.54) is 19.3 Å². The standard InChI is InChI=1S/C22H24N2OS/c25-21-19(16-10-4-1-5-11-16)20(17-12-6-2-7-13-17)24(22(26)23-21)18-14-8-3-9-15-18/h1-2,4-7,10-13,18-20H,3,8-9,14-15H2,(H,23,25,26). The largest absolute Gasteiger partial charge is 0.338 e. The van der Waals surface area contributed by atoms with Gasteiger partial charge in [0.15, 0.2) is 5.11 Å². The van der Waals surface area contributed by atoms with E-state index in [4.69, 9.17) is 12.2 Å².